The van der Waals surface area contributed by atoms with Crippen LogP contribution in [0.2, 0.25) is 5.02 Å². The van der Waals surface area contributed by atoms with E-state index in [1.54, 1.807) is 18.3 Å². The average molecular weight is 438 g/mol. The number of amides is 1. The van der Waals surface area contributed by atoms with Crippen LogP contribution in [0.25, 0.3) is 0 Å². The molecule has 0 saturated heterocycles. The molecule has 1 heterocycles. The number of hydrogen-bond donors (Lipinski definition) is 1. The quantitative estimate of drug-likeness (QED) is 0.568. The second-order valence-electron chi connectivity index (χ2n) is 7.83. The van der Waals surface area contributed by atoms with Crippen molar-refractivity contribution in [3.63, 3.8) is 0 Å². The highest BCUT2D eigenvalue weighted by atomic mass is 35.5. The molecule has 7 heteroatoms. The zero-order valence-corrected chi connectivity index (χ0v) is 18.0. The Morgan fingerprint density at radius 2 is 1.87 bits per heavy atom. The molecule has 1 aliphatic rings. The van der Waals surface area contributed by atoms with Crippen LogP contribution < -0.4 is 5.32 Å². The first-order valence-corrected chi connectivity index (χ1v) is 10.6. The topological polar surface area (TPSA) is 73.2 Å². The molecule has 1 saturated carbocycles. The lowest BCUT2D eigenvalue weighted by Gasteiger charge is -2.39. The number of aromatic nitrogens is 2. The Labute approximate surface area is 186 Å². The molecule has 1 N–H and O–H groups in total. The van der Waals surface area contributed by atoms with Gasteiger partial charge < -0.3 is 14.6 Å². The molecule has 1 aromatic heterocycles. The van der Waals surface area contributed by atoms with Crippen LogP contribution in [0, 0.1) is 0 Å². The number of aryl methyl sites for hydroxylation is 1. The van der Waals surface area contributed by atoms with Crippen molar-refractivity contribution in [2.75, 3.05) is 6.61 Å². The van der Waals surface area contributed by atoms with Crippen molar-refractivity contribution in [2.45, 2.75) is 30.7 Å². The molecule has 1 unspecified atom stereocenters. The zero-order chi connectivity index (χ0) is 21.8. The molecule has 1 fully saturated rings. The van der Waals surface area contributed by atoms with Gasteiger partial charge in [-0.3, -0.25) is 9.59 Å². The van der Waals surface area contributed by atoms with Crippen LogP contribution in [0.5, 0.6) is 0 Å². The zero-order valence-electron chi connectivity index (χ0n) is 17.3. The summed E-state index contributed by atoms with van der Waals surface area (Å²) >= 11 is 5.98. The second kappa shape index (κ2) is 8.94. The normalized spacial score (nSPS) is 15.5. The Morgan fingerprint density at radius 1 is 1.16 bits per heavy atom. The minimum atomic E-state index is -0.691. The molecule has 3 aromatic rings. The first-order valence-electron chi connectivity index (χ1n) is 10.2. The van der Waals surface area contributed by atoms with Gasteiger partial charge in [0.2, 0.25) is 0 Å². The van der Waals surface area contributed by atoms with Crippen LogP contribution in [0.3, 0.4) is 0 Å². The molecule has 2 aromatic carbocycles. The lowest BCUT2D eigenvalue weighted by Crippen LogP contribution is -2.45. The van der Waals surface area contributed by atoms with Crippen molar-refractivity contribution in [2.24, 2.45) is 7.05 Å². The molecular formula is C24H24ClN3O3. The third-order valence-electron chi connectivity index (χ3n) is 5.88. The first kappa shape index (κ1) is 21.1. The number of rotatable bonds is 7. The number of nitrogens with one attached hydrogen (secondary N) is 1. The van der Waals surface area contributed by atoms with Crippen molar-refractivity contribution in [3.8, 4) is 0 Å². The highest BCUT2D eigenvalue weighted by molar-refractivity contribution is 6.30. The molecule has 160 valence electrons. The van der Waals surface area contributed by atoms with Gasteiger partial charge in [-0.2, -0.15) is 0 Å². The average Bonchev–Trinajstić information content (AvgIpc) is 3.17. The molecule has 0 bridgehead atoms. The molecule has 0 spiro atoms. The summed E-state index contributed by atoms with van der Waals surface area (Å²) in [6, 6.07) is 16.4. The number of nitrogens with zero attached hydrogens (tertiary/aromatic N) is 2. The van der Waals surface area contributed by atoms with E-state index < -0.39 is 11.5 Å². The van der Waals surface area contributed by atoms with Gasteiger partial charge in [0.05, 0.1) is 5.41 Å². The predicted octanol–water partition coefficient (Wildman–Crippen LogP) is 3.94. The lowest BCUT2D eigenvalue weighted by molar-refractivity contribution is -0.157. The number of hydrogen-bond acceptors (Lipinski definition) is 4. The third kappa shape index (κ3) is 4.35. The summed E-state index contributed by atoms with van der Waals surface area (Å²) in [6.45, 7) is -0.345. The molecular weight excluding hydrogens is 414 g/mol. The summed E-state index contributed by atoms with van der Waals surface area (Å²) < 4.78 is 7.32. The Kier molecular flexibility index (Phi) is 6.09. The van der Waals surface area contributed by atoms with Crippen molar-refractivity contribution in [1.29, 1.82) is 0 Å². The maximum atomic E-state index is 12.9. The maximum Gasteiger partial charge on any atom is 0.317 e. The molecule has 0 aliphatic heterocycles. The minimum absolute atomic E-state index is 0.345. The van der Waals surface area contributed by atoms with Crippen LogP contribution in [-0.2, 0) is 26.8 Å². The van der Waals surface area contributed by atoms with Crippen LogP contribution in [0.15, 0.2) is 67.0 Å². The van der Waals surface area contributed by atoms with Gasteiger partial charge in [0, 0.05) is 24.5 Å². The van der Waals surface area contributed by atoms with Crippen LogP contribution in [0.4, 0.5) is 0 Å². The number of benzene rings is 2. The largest absolute Gasteiger partial charge is 0.455 e. The minimum Gasteiger partial charge on any atom is -0.455 e. The summed E-state index contributed by atoms with van der Waals surface area (Å²) in [4.78, 5) is 30.0. The highest BCUT2D eigenvalue weighted by Crippen LogP contribution is 2.45. The molecule has 6 nitrogen and oxygen atoms in total. The van der Waals surface area contributed by atoms with E-state index in [0.29, 0.717) is 23.7 Å². The van der Waals surface area contributed by atoms with E-state index in [2.05, 4.69) is 10.3 Å². The third-order valence-corrected chi connectivity index (χ3v) is 6.14. The van der Waals surface area contributed by atoms with Crippen molar-refractivity contribution < 1.29 is 14.3 Å². The summed E-state index contributed by atoms with van der Waals surface area (Å²) in [5.74, 6) is -0.0530. The van der Waals surface area contributed by atoms with E-state index in [9.17, 15) is 9.59 Å². The monoisotopic (exact) mass is 437 g/mol. The number of carbonyl (C=O) groups excluding carboxylic acids is 2. The van der Waals surface area contributed by atoms with Gasteiger partial charge in [-0.15, -0.1) is 0 Å². The van der Waals surface area contributed by atoms with Crippen molar-refractivity contribution in [3.05, 3.63) is 89.0 Å². The van der Waals surface area contributed by atoms with E-state index in [4.69, 9.17) is 16.3 Å². The fourth-order valence-corrected chi connectivity index (χ4v) is 4.11. The molecule has 4 rings (SSSR count). The van der Waals surface area contributed by atoms with E-state index >= 15 is 0 Å². The Morgan fingerprint density at radius 3 is 2.45 bits per heavy atom. The molecule has 1 amide bonds. The van der Waals surface area contributed by atoms with Crippen LogP contribution in [-0.4, -0.2) is 28.0 Å². The standard InChI is InChI=1S/C24H24ClN3O3/c1-28-15-14-26-22(28)21(17-6-3-2-4-7-17)27-20(29)16-31-23(30)24(12-5-13-24)18-8-10-19(25)11-9-18/h2-4,6-11,14-15,21H,5,12-13,16H2,1H3,(H,27,29). The SMILES string of the molecule is Cn1ccnc1C(NC(=O)COC(=O)C1(c2ccc(Cl)cc2)CCC1)c1ccccc1. The van der Waals surface area contributed by atoms with Crippen LogP contribution >= 0.6 is 11.6 Å². The van der Waals surface area contributed by atoms with Gasteiger partial charge in [-0.05, 0) is 36.1 Å². The number of halogens is 1. The van der Waals surface area contributed by atoms with Crippen molar-refractivity contribution >= 4 is 23.5 Å². The Bertz CT molecular complexity index is 1060. The van der Waals surface area contributed by atoms with E-state index in [0.717, 1.165) is 17.5 Å². The maximum absolute atomic E-state index is 12.9. The van der Waals surface area contributed by atoms with Crippen LogP contribution in [0.1, 0.15) is 42.3 Å². The first-order chi connectivity index (χ1) is 15.0. The number of imidazole rings is 1. The van der Waals surface area contributed by atoms with Gasteiger partial charge in [-0.25, -0.2) is 4.98 Å². The number of ether oxygens (including phenoxy) is 1. The molecule has 31 heavy (non-hydrogen) atoms. The summed E-state index contributed by atoms with van der Waals surface area (Å²) in [7, 11) is 1.87. The molecule has 0 radical (unpaired) electrons. The highest BCUT2D eigenvalue weighted by Gasteiger charge is 2.47. The Hall–Kier alpha value is -3.12. The van der Waals surface area contributed by atoms with Crippen molar-refractivity contribution in [1.82, 2.24) is 14.9 Å². The Balaban J connectivity index is 1.44. The van der Waals surface area contributed by atoms with E-state index in [1.807, 2.05) is 60.3 Å². The van der Waals surface area contributed by atoms with E-state index in [1.165, 1.54) is 0 Å². The second-order valence-corrected chi connectivity index (χ2v) is 8.26. The lowest BCUT2D eigenvalue weighted by atomic mass is 9.64. The summed E-state index contributed by atoms with van der Waals surface area (Å²) in [5.41, 5.74) is 1.08. The smallest absolute Gasteiger partial charge is 0.317 e. The van der Waals surface area contributed by atoms with E-state index in [-0.39, 0.29) is 18.5 Å². The number of carbonyl (C=O) groups is 2. The van der Waals surface area contributed by atoms with Gasteiger partial charge in [0.25, 0.3) is 5.91 Å². The molecule has 1 aliphatic carbocycles. The fourth-order valence-electron chi connectivity index (χ4n) is 3.98. The molecule has 1 atom stereocenters. The predicted molar refractivity (Wildman–Crippen MR) is 118 cm³/mol. The van der Waals surface area contributed by atoms with Gasteiger partial charge in [-0.1, -0.05) is 60.5 Å². The van der Waals surface area contributed by atoms with Gasteiger partial charge in [0.1, 0.15) is 11.9 Å². The fraction of sp³-hybridized carbons (Fsp3) is 0.292. The number of esters is 1. The summed E-state index contributed by atoms with van der Waals surface area (Å²) in [5, 5.41) is 3.57. The van der Waals surface area contributed by atoms with Gasteiger partial charge in [0.15, 0.2) is 6.61 Å². The van der Waals surface area contributed by atoms with Gasteiger partial charge >= 0.3 is 5.97 Å². The summed E-state index contributed by atoms with van der Waals surface area (Å²) in [6.07, 6.45) is 5.86.